The molecule has 46 heavy (non-hydrogen) atoms. The highest BCUT2D eigenvalue weighted by Gasteiger charge is 2.32. The van der Waals surface area contributed by atoms with Gasteiger partial charge in [0.1, 0.15) is 18.1 Å². The van der Waals surface area contributed by atoms with E-state index >= 15 is 0 Å². The van der Waals surface area contributed by atoms with Crippen LogP contribution in [-0.2, 0) is 27.4 Å². The van der Waals surface area contributed by atoms with Crippen LogP contribution in [0, 0.1) is 10.1 Å². The van der Waals surface area contributed by atoms with E-state index in [0.29, 0.717) is 45.4 Å². The van der Waals surface area contributed by atoms with Gasteiger partial charge in [-0.1, -0.05) is 24.3 Å². The predicted octanol–water partition coefficient (Wildman–Crippen LogP) is 4.79. The normalized spacial score (nSPS) is 14.2. The number of para-hydroxylation sites is 1. The molecule has 238 valence electrons. The Morgan fingerprint density at radius 2 is 1.87 bits per heavy atom. The Labute approximate surface area is 271 Å². The maximum atomic E-state index is 12.8. The number of allylic oxidation sites excluding steroid dienone is 2. The third-order valence-corrected chi connectivity index (χ3v) is 6.97. The minimum absolute atomic E-state index is 0.0139. The quantitative estimate of drug-likeness (QED) is 0.0558. The Balaban J connectivity index is 1.37. The van der Waals surface area contributed by atoms with Crippen molar-refractivity contribution in [2.75, 3.05) is 13.2 Å². The zero-order chi connectivity index (χ0) is 33.1. The van der Waals surface area contributed by atoms with E-state index in [0.717, 1.165) is 11.1 Å². The van der Waals surface area contributed by atoms with Crippen molar-refractivity contribution in [2.24, 2.45) is 5.10 Å². The summed E-state index contributed by atoms with van der Waals surface area (Å²) in [6, 6.07) is 18.0. The molecule has 0 saturated carbocycles. The summed E-state index contributed by atoms with van der Waals surface area (Å²) in [5, 5.41) is 21.3. The van der Waals surface area contributed by atoms with Crippen LogP contribution >= 0.6 is 12.2 Å². The summed E-state index contributed by atoms with van der Waals surface area (Å²) in [4.78, 5) is 35.8. The van der Waals surface area contributed by atoms with E-state index in [9.17, 15) is 19.7 Å². The minimum Gasteiger partial charge on any atom is -0.489 e. The van der Waals surface area contributed by atoms with E-state index < -0.39 is 22.8 Å². The van der Waals surface area contributed by atoms with Crippen LogP contribution in [0.25, 0.3) is 0 Å². The molecule has 4 rings (SSSR count). The number of benzene rings is 3. The summed E-state index contributed by atoms with van der Waals surface area (Å²) in [7, 11) is 0. The maximum Gasteiger partial charge on any atom is 0.338 e. The summed E-state index contributed by atoms with van der Waals surface area (Å²) < 4.78 is 17.0. The molecule has 1 atom stereocenters. The largest absolute Gasteiger partial charge is 0.489 e. The average molecular weight is 644 g/mol. The highest BCUT2D eigenvalue weighted by molar-refractivity contribution is 7.80. The molecule has 1 aliphatic heterocycles. The number of hydrazone groups is 1. The summed E-state index contributed by atoms with van der Waals surface area (Å²) >= 11 is 5.32. The number of amides is 1. The molecule has 1 aliphatic rings. The highest BCUT2D eigenvalue weighted by atomic mass is 32.1. The number of ether oxygens (including phenoxy) is 3. The number of hydrogen-bond acceptors (Lipinski definition) is 9. The van der Waals surface area contributed by atoms with Gasteiger partial charge >= 0.3 is 5.97 Å². The Kier molecular flexibility index (Phi) is 11.6. The van der Waals surface area contributed by atoms with Crippen molar-refractivity contribution in [2.45, 2.75) is 32.9 Å². The first-order valence-electron chi connectivity index (χ1n) is 14.3. The first-order valence-corrected chi connectivity index (χ1v) is 14.7. The van der Waals surface area contributed by atoms with Gasteiger partial charge in [-0.15, -0.1) is 6.58 Å². The maximum absolute atomic E-state index is 12.8. The van der Waals surface area contributed by atoms with Crippen LogP contribution in [0.5, 0.6) is 11.5 Å². The Hall–Kier alpha value is -5.56. The summed E-state index contributed by atoms with van der Waals surface area (Å²) in [5.41, 5.74) is 6.36. The number of rotatable bonds is 14. The fourth-order valence-electron chi connectivity index (χ4n) is 4.62. The molecule has 3 aromatic rings. The molecule has 3 N–H and O–H groups in total. The van der Waals surface area contributed by atoms with Crippen LogP contribution < -0.4 is 25.5 Å². The number of carbonyl (C=O) groups excluding carboxylic acids is 2. The molecule has 0 fully saturated rings. The lowest BCUT2D eigenvalue weighted by atomic mass is 9.95. The summed E-state index contributed by atoms with van der Waals surface area (Å²) in [6.07, 6.45) is 3.77. The molecule has 1 amide bonds. The van der Waals surface area contributed by atoms with Gasteiger partial charge in [0, 0.05) is 23.4 Å². The van der Waals surface area contributed by atoms with Crippen molar-refractivity contribution < 1.29 is 28.7 Å². The highest BCUT2D eigenvalue weighted by Crippen LogP contribution is 2.33. The second-order valence-electron chi connectivity index (χ2n) is 9.98. The molecule has 0 radical (unpaired) electrons. The Morgan fingerprint density at radius 1 is 1.11 bits per heavy atom. The van der Waals surface area contributed by atoms with Crippen LogP contribution in [0.2, 0.25) is 0 Å². The smallest absolute Gasteiger partial charge is 0.338 e. The fourth-order valence-corrected chi connectivity index (χ4v) is 4.89. The number of carbonyl (C=O) groups is 2. The Bertz CT molecular complexity index is 1690. The number of nitro groups is 1. The molecule has 0 spiro atoms. The predicted molar refractivity (Wildman–Crippen MR) is 176 cm³/mol. The van der Waals surface area contributed by atoms with Crippen LogP contribution in [0.15, 0.2) is 95.8 Å². The lowest BCUT2D eigenvalue weighted by Gasteiger charge is -2.30. The molecule has 0 aromatic heterocycles. The van der Waals surface area contributed by atoms with Crippen molar-refractivity contribution in [1.82, 2.24) is 16.1 Å². The van der Waals surface area contributed by atoms with Crippen LogP contribution in [0.1, 0.15) is 42.1 Å². The van der Waals surface area contributed by atoms with Gasteiger partial charge in [0.25, 0.3) is 11.6 Å². The lowest BCUT2D eigenvalue weighted by Crippen LogP contribution is -2.45. The second-order valence-corrected chi connectivity index (χ2v) is 10.4. The second kappa shape index (κ2) is 16.0. The van der Waals surface area contributed by atoms with Gasteiger partial charge < -0.3 is 24.8 Å². The van der Waals surface area contributed by atoms with E-state index in [1.807, 2.05) is 6.07 Å². The average Bonchev–Trinajstić information content (AvgIpc) is 3.03. The Morgan fingerprint density at radius 3 is 2.59 bits per heavy atom. The van der Waals surface area contributed by atoms with Gasteiger partial charge in [-0.3, -0.25) is 14.9 Å². The van der Waals surface area contributed by atoms with Crippen LogP contribution in [0.4, 0.5) is 5.69 Å². The van der Waals surface area contributed by atoms with Crippen molar-refractivity contribution >= 4 is 41.1 Å². The number of thiocarbonyl (C=S) groups is 1. The molecule has 1 heterocycles. The lowest BCUT2D eigenvalue weighted by molar-refractivity contribution is -0.384. The van der Waals surface area contributed by atoms with Crippen molar-refractivity contribution in [3.8, 4) is 11.5 Å². The zero-order valence-corrected chi connectivity index (χ0v) is 26.1. The summed E-state index contributed by atoms with van der Waals surface area (Å²) in [6.45, 7) is 7.38. The van der Waals surface area contributed by atoms with Crippen molar-refractivity contribution in [3.05, 3.63) is 123 Å². The first kappa shape index (κ1) is 33.3. The first-order chi connectivity index (χ1) is 22.2. The van der Waals surface area contributed by atoms with Gasteiger partial charge in [0.15, 0.2) is 11.7 Å². The zero-order valence-electron chi connectivity index (χ0n) is 25.3. The standard InChI is InChI=1S/C33H33N5O7S/c1-4-8-24-17-23(13-16-27(24)44-19-22-11-14-25(15-12-22)38(41)42)18-34-37-29(39)20-45-28-10-7-6-9-26(28)31-30(32(40)43-5-2)21(3)35-33(46)36-31/h4,6-7,9-18,31H,1,5,8,19-20H2,2-3H3,(H,37,39)(H2,35,36,46)/t31-/m0/s1. The van der Waals surface area contributed by atoms with Gasteiger partial charge in [0.05, 0.1) is 29.4 Å². The molecule has 13 heteroatoms. The van der Waals surface area contributed by atoms with E-state index in [2.05, 4.69) is 27.7 Å². The third kappa shape index (κ3) is 8.76. The van der Waals surface area contributed by atoms with E-state index in [1.54, 1.807) is 68.5 Å². The number of non-ortho nitro benzene ring substituents is 1. The number of esters is 1. The summed E-state index contributed by atoms with van der Waals surface area (Å²) in [5.74, 6) is 0.0322. The molecule has 12 nitrogen and oxygen atoms in total. The SMILES string of the molecule is C=CCc1cc(C=NNC(=O)COc2ccccc2[C@@H]2NC(=S)NC(C)=C2C(=O)OCC)ccc1OCc1ccc([N+](=O)[O-])cc1. The molecule has 0 bridgehead atoms. The number of nitrogens with zero attached hydrogens (tertiary/aromatic N) is 2. The molecule has 0 saturated heterocycles. The molecule has 3 aromatic carbocycles. The van der Waals surface area contributed by atoms with Gasteiger partial charge in [-0.2, -0.15) is 5.10 Å². The topological polar surface area (TPSA) is 153 Å². The molecule has 0 aliphatic carbocycles. The van der Waals surface area contributed by atoms with Gasteiger partial charge in [-0.25, -0.2) is 10.2 Å². The molecular formula is C33H33N5O7S. The van der Waals surface area contributed by atoms with Crippen LogP contribution in [0.3, 0.4) is 0 Å². The van der Waals surface area contributed by atoms with Gasteiger partial charge in [0.2, 0.25) is 0 Å². The number of hydrogen-bond donors (Lipinski definition) is 3. The van der Waals surface area contributed by atoms with E-state index in [1.165, 1.54) is 18.3 Å². The van der Waals surface area contributed by atoms with Gasteiger partial charge in [-0.05, 0) is 85.6 Å². The third-order valence-electron chi connectivity index (χ3n) is 6.75. The number of nitro benzene ring substituents is 1. The van der Waals surface area contributed by atoms with Crippen molar-refractivity contribution in [1.29, 1.82) is 0 Å². The van der Waals surface area contributed by atoms with Crippen LogP contribution in [-0.4, -0.2) is 41.3 Å². The fraction of sp³-hybridized carbons (Fsp3) is 0.212. The van der Waals surface area contributed by atoms with E-state index in [4.69, 9.17) is 26.4 Å². The monoisotopic (exact) mass is 643 g/mol. The molecule has 0 unspecified atom stereocenters. The van der Waals surface area contributed by atoms with Crippen molar-refractivity contribution in [3.63, 3.8) is 0 Å². The minimum atomic E-state index is -0.643. The number of nitrogens with one attached hydrogen (secondary N) is 3. The van der Waals surface area contributed by atoms with E-state index in [-0.39, 0.29) is 25.5 Å². The molecular weight excluding hydrogens is 610 g/mol.